The lowest BCUT2D eigenvalue weighted by Gasteiger charge is -2.25. The molecule has 1 N–H and O–H groups in total. The molecule has 140 valence electrons. The van der Waals surface area contributed by atoms with Crippen molar-refractivity contribution < 1.29 is 17.9 Å². The third-order valence-corrected chi connectivity index (χ3v) is 4.52. The van der Waals surface area contributed by atoms with Gasteiger partial charge in [0.15, 0.2) is 5.96 Å². The molecule has 0 aliphatic carbocycles. The molecule has 2 heterocycles. The zero-order chi connectivity index (χ0) is 17.6. The van der Waals surface area contributed by atoms with Gasteiger partial charge in [0.05, 0.1) is 13.2 Å². The Morgan fingerprint density at radius 2 is 2.12 bits per heavy atom. The lowest BCUT2D eigenvalue weighted by Crippen LogP contribution is -2.41. The zero-order valence-electron chi connectivity index (χ0n) is 14.6. The number of halogens is 3. The molecule has 0 saturated carbocycles. The molecule has 0 radical (unpaired) electrons. The van der Waals surface area contributed by atoms with Crippen molar-refractivity contribution in [3.8, 4) is 0 Å². The molecule has 8 heteroatoms. The largest absolute Gasteiger partial charge is 0.401 e. The predicted octanol–water partition coefficient (Wildman–Crippen LogP) is 1.80. The second-order valence-electron chi connectivity index (χ2n) is 6.81. The Bertz CT molecular complexity index is 411. The summed E-state index contributed by atoms with van der Waals surface area (Å²) in [6, 6.07) is 0. The van der Waals surface area contributed by atoms with Crippen molar-refractivity contribution in [1.82, 2.24) is 15.1 Å². The maximum atomic E-state index is 12.5. The first kappa shape index (κ1) is 19.3. The van der Waals surface area contributed by atoms with Gasteiger partial charge < -0.3 is 15.0 Å². The van der Waals surface area contributed by atoms with Gasteiger partial charge >= 0.3 is 6.18 Å². The average molecular weight is 350 g/mol. The molecule has 0 amide bonds. The van der Waals surface area contributed by atoms with Gasteiger partial charge in [-0.1, -0.05) is 0 Å². The minimum atomic E-state index is -4.11. The summed E-state index contributed by atoms with van der Waals surface area (Å²) in [5.74, 6) is 1.55. The first-order valence-electron chi connectivity index (χ1n) is 8.73. The third kappa shape index (κ3) is 6.47. The maximum Gasteiger partial charge on any atom is 0.401 e. The molecule has 0 aromatic heterocycles. The Labute approximate surface area is 142 Å². The summed E-state index contributed by atoms with van der Waals surface area (Å²) < 4.78 is 42.8. The van der Waals surface area contributed by atoms with Gasteiger partial charge in [0.25, 0.3) is 0 Å². The van der Waals surface area contributed by atoms with E-state index in [-0.39, 0.29) is 5.92 Å². The number of aliphatic imine (C=N–C) groups is 1. The van der Waals surface area contributed by atoms with Crippen LogP contribution in [0.3, 0.4) is 0 Å². The predicted molar refractivity (Wildman–Crippen MR) is 88.1 cm³/mol. The van der Waals surface area contributed by atoms with Gasteiger partial charge in [-0.05, 0) is 32.2 Å². The first-order chi connectivity index (χ1) is 11.4. The quantitative estimate of drug-likeness (QED) is 0.586. The molecule has 5 nitrogen and oxygen atoms in total. The highest BCUT2D eigenvalue weighted by atomic mass is 19.4. The molecule has 2 atom stereocenters. The smallest absolute Gasteiger partial charge is 0.381 e. The number of hydrogen-bond acceptors (Lipinski definition) is 3. The van der Waals surface area contributed by atoms with Crippen LogP contribution in [0.25, 0.3) is 0 Å². The second kappa shape index (κ2) is 8.89. The van der Waals surface area contributed by atoms with Crippen LogP contribution in [-0.4, -0.2) is 81.5 Å². The maximum absolute atomic E-state index is 12.5. The van der Waals surface area contributed by atoms with Gasteiger partial charge in [-0.2, -0.15) is 13.2 Å². The Kier molecular flexibility index (Phi) is 7.16. The SMILES string of the molecule is CCNC(=NCC1CCN(CC(F)(F)F)C1)N(C)CC1CCOC1. The summed E-state index contributed by atoms with van der Waals surface area (Å²) >= 11 is 0. The van der Waals surface area contributed by atoms with Crippen molar-refractivity contribution >= 4 is 5.96 Å². The molecule has 2 fully saturated rings. The van der Waals surface area contributed by atoms with E-state index in [0.717, 1.165) is 45.1 Å². The van der Waals surface area contributed by atoms with Crippen molar-refractivity contribution in [3.05, 3.63) is 0 Å². The van der Waals surface area contributed by atoms with Crippen molar-refractivity contribution in [1.29, 1.82) is 0 Å². The summed E-state index contributed by atoms with van der Waals surface area (Å²) in [6.45, 7) is 6.03. The standard InChI is InChI=1S/C16H29F3N4O/c1-3-20-15(22(2)9-14-5-7-24-11-14)21-8-13-4-6-23(10-13)12-16(17,18)19/h13-14H,3-12H2,1-2H3,(H,20,21). The van der Waals surface area contributed by atoms with E-state index < -0.39 is 12.7 Å². The number of nitrogens with one attached hydrogen (secondary N) is 1. The highest BCUT2D eigenvalue weighted by molar-refractivity contribution is 5.79. The van der Waals surface area contributed by atoms with Crippen molar-refractivity contribution in [2.24, 2.45) is 16.8 Å². The van der Waals surface area contributed by atoms with E-state index in [0.29, 0.717) is 25.6 Å². The van der Waals surface area contributed by atoms with Gasteiger partial charge in [-0.25, -0.2) is 0 Å². The summed E-state index contributed by atoms with van der Waals surface area (Å²) in [5.41, 5.74) is 0. The third-order valence-electron chi connectivity index (χ3n) is 4.52. The van der Waals surface area contributed by atoms with Crippen LogP contribution >= 0.6 is 0 Å². The fourth-order valence-corrected chi connectivity index (χ4v) is 3.35. The van der Waals surface area contributed by atoms with Crippen LogP contribution in [0, 0.1) is 11.8 Å². The van der Waals surface area contributed by atoms with E-state index in [1.807, 2.05) is 14.0 Å². The Morgan fingerprint density at radius 3 is 2.75 bits per heavy atom. The van der Waals surface area contributed by atoms with Crippen LogP contribution in [0.15, 0.2) is 4.99 Å². The molecule has 0 aromatic rings. The second-order valence-corrected chi connectivity index (χ2v) is 6.81. The van der Waals surface area contributed by atoms with Crippen molar-refractivity contribution in [2.75, 3.05) is 59.5 Å². The summed E-state index contributed by atoms with van der Waals surface area (Å²) in [4.78, 5) is 8.23. The Morgan fingerprint density at radius 1 is 1.33 bits per heavy atom. The minimum absolute atomic E-state index is 0.198. The number of rotatable bonds is 6. The van der Waals surface area contributed by atoms with Gasteiger partial charge in [0.2, 0.25) is 0 Å². The molecule has 2 aliphatic heterocycles. The average Bonchev–Trinajstić information content (AvgIpc) is 3.13. The monoisotopic (exact) mass is 350 g/mol. The number of nitrogens with zero attached hydrogens (tertiary/aromatic N) is 3. The van der Waals surface area contributed by atoms with Crippen LogP contribution in [0.1, 0.15) is 19.8 Å². The summed E-state index contributed by atoms with van der Waals surface area (Å²) in [6.07, 6.45) is -2.27. The van der Waals surface area contributed by atoms with Gasteiger partial charge in [0, 0.05) is 45.8 Å². The van der Waals surface area contributed by atoms with Crippen molar-refractivity contribution in [3.63, 3.8) is 0 Å². The topological polar surface area (TPSA) is 40.1 Å². The van der Waals surface area contributed by atoms with Gasteiger partial charge in [-0.3, -0.25) is 9.89 Å². The number of alkyl halides is 3. The van der Waals surface area contributed by atoms with E-state index >= 15 is 0 Å². The molecule has 2 unspecified atom stereocenters. The molecule has 2 rings (SSSR count). The highest BCUT2D eigenvalue weighted by Crippen LogP contribution is 2.23. The number of hydrogen-bond donors (Lipinski definition) is 1. The molecule has 2 saturated heterocycles. The summed E-state index contributed by atoms with van der Waals surface area (Å²) in [5, 5.41) is 3.27. The summed E-state index contributed by atoms with van der Waals surface area (Å²) in [7, 11) is 2.00. The number of ether oxygens (including phenoxy) is 1. The van der Waals surface area contributed by atoms with E-state index in [9.17, 15) is 13.2 Å². The van der Waals surface area contributed by atoms with Crippen LogP contribution in [0.4, 0.5) is 13.2 Å². The van der Waals surface area contributed by atoms with E-state index in [4.69, 9.17) is 4.74 Å². The fourth-order valence-electron chi connectivity index (χ4n) is 3.35. The zero-order valence-corrected chi connectivity index (χ0v) is 14.6. The molecule has 0 aromatic carbocycles. The van der Waals surface area contributed by atoms with Gasteiger partial charge in [-0.15, -0.1) is 0 Å². The normalized spacial score (nSPS) is 26.1. The molecule has 2 aliphatic rings. The lowest BCUT2D eigenvalue weighted by molar-refractivity contribution is -0.143. The van der Waals surface area contributed by atoms with Crippen LogP contribution in [0.2, 0.25) is 0 Å². The molecular formula is C16H29F3N4O. The number of guanidine groups is 1. The van der Waals surface area contributed by atoms with Crippen LogP contribution in [0.5, 0.6) is 0 Å². The van der Waals surface area contributed by atoms with E-state index in [2.05, 4.69) is 15.2 Å². The van der Waals surface area contributed by atoms with Crippen LogP contribution in [-0.2, 0) is 4.74 Å². The lowest BCUT2D eigenvalue weighted by atomic mass is 10.1. The molecule has 0 spiro atoms. The molecule has 0 bridgehead atoms. The van der Waals surface area contributed by atoms with Gasteiger partial charge in [0.1, 0.15) is 0 Å². The van der Waals surface area contributed by atoms with E-state index in [1.54, 1.807) is 0 Å². The van der Waals surface area contributed by atoms with Crippen LogP contribution < -0.4 is 5.32 Å². The van der Waals surface area contributed by atoms with E-state index in [1.165, 1.54) is 4.90 Å². The highest BCUT2D eigenvalue weighted by Gasteiger charge is 2.34. The Hall–Kier alpha value is -1.02. The molecule has 24 heavy (non-hydrogen) atoms. The van der Waals surface area contributed by atoms with Crippen molar-refractivity contribution in [2.45, 2.75) is 25.9 Å². The minimum Gasteiger partial charge on any atom is -0.381 e. The number of likely N-dealkylation sites (tertiary alicyclic amines) is 1. The first-order valence-corrected chi connectivity index (χ1v) is 8.73. The fraction of sp³-hybridized carbons (Fsp3) is 0.938. The molecular weight excluding hydrogens is 321 g/mol. The Balaban J connectivity index is 1.82.